The minimum Gasteiger partial charge on any atom is -0.464 e. The van der Waals surface area contributed by atoms with E-state index in [1.54, 1.807) is 18.2 Å². The number of ether oxygens (including phenoxy) is 1. The number of carbonyl (C=O) groups excluding carboxylic acids is 1. The first kappa shape index (κ1) is 15.3. The van der Waals surface area contributed by atoms with Crippen molar-refractivity contribution in [3.05, 3.63) is 59.2 Å². The van der Waals surface area contributed by atoms with E-state index in [1.165, 1.54) is 19.2 Å². The topological polar surface area (TPSA) is 54.1 Å². The summed E-state index contributed by atoms with van der Waals surface area (Å²) in [5.74, 6) is -0.596. The van der Waals surface area contributed by atoms with Crippen molar-refractivity contribution >= 4 is 5.97 Å². The highest BCUT2D eigenvalue weighted by atomic mass is 19.1. The van der Waals surface area contributed by atoms with Gasteiger partial charge in [-0.3, -0.25) is 0 Å². The molecule has 1 aromatic heterocycles. The quantitative estimate of drug-likeness (QED) is 0.804. The number of rotatable bonds is 6. The van der Waals surface area contributed by atoms with E-state index in [0.29, 0.717) is 12.2 Å². The molecular formula is C16H19FN2O2. The third kappa shape index (κ3) is 4.43. The van der Waals surface area contributed by atoms with Gasteiger partial charge in [0, 0.05) is 18.3 Å². The van der Waals surface area contributed by atoms with E-state index in [0.717, 1.165) is 17.7 Å². The first-order valence-corrected chi connectivity index (χ1v) is 6.82. The molecule has 0 amide bonds. The molecule has 2 N–H and O–H groups in total. The lowest BCUT2D eigenvalue weighted by Crippen LogP contribution is -2.27. The van der Waals surface area contributed by atoms with Crippen LogP contribution in [0, 0.1) is 5.82 Å². The van der Waals surface area contributed by atoms with Crippen LogP contribution in [-0.4, -0.2) is 24.1 Å². The van der Waals surface area contributed by atoms with Gasteiger partial charge in [0.15, 0.2) is 0 Å². The van der Waals surface area contributed by atoms with Crippen molar-refractivity contribution in [2.45, 2.75) is 25.9 Å². The average Bonchev–Trinajstić information content (AvgIpc) is 2.96. The van der Waals surface area contributed by atoms with Gasteiger partial charge in [-0.25, -0.2) is 9.18 Å². The van der Waals surface area contributed by atoms with Gasteiger partial charge in [-0.1, -0.05) is 12.1 Å². The molecule has 0 radical (unpaired) electrons. The van der Waals surface area contributed by atoms with E-state index >= 15 is 0 Å². The highest BCUT2D eigenvalue weighted by Gasteiger charge is 2.09. The average molecular weight is 290 g/mol. The Balaban J connectivity index is 1.83. The van der Waals surface area contributed by atoms with Crippen molar-refractivity contribution in [2.24, 2.45) is 0 Å². The van der Waals surface area contributed by atoms with Crippen LogP contribution in [0.2, 0.25) is 0 Å². The molecule has 112 valence electrons. The van der Waals surface area contributed by atoms with Crippen molar-refractivity contribution in [1.29, 1.82) is 0 Å². The van der Waals surface area contributed by atoms with Gasteiger partial charge in [0.05, 0.1) is 7.11 Å². The van der Waals surface area contributed by atoms with Crippen LogP contribution in [0.15, 0.2) is 36.4 Å². The third-order valence-electron chi connectivity index (χ3n) is 3.25. The molecule has 1 unspecified atom stereocenters. The van der Waals surface area contributed by atoms with E-state index in [1.807, 2.05) is 6.07 Å². The zero-order valence-corrected chi connectivity index (χ0v) is 12.2. The van der Waals surface area contributed by atoms with Crippen molar-refractivity contribution < 1.29 is 13.9 Å². The minimum atomic E-state index is -0.374. The molecule has 0 bridgehead atoms. The number of aromatic nitrogens is 1. The summed E-state index contributed by atoms with van der Waals surface area (Å²) in [5.41, 5.74) is 2.44. The molecular weight excluding hydrogens is 271 g/mol. The van der Waals surface area contributed by atoms with Crippen LogP contribution in [0.5, 0.6) is 0 Å². The van der Waals surface area contributed by atoms with E-state index in [4.69, 9.17) is 0 Å². The molecule has 1 heterocycles. The molecule has 1 aromatic carbocycles. The molecule has 2 rings (SSSR count). The minimum absolute atomic E-state index is 0.221. The van der Waals surface area contributed by atoms with Crippen LogP contribution in [0.3, 0.4) is 0 Å². The number of methoxy groups -OCH3 is 1. The lowest BCUT2D eigenvalue weighted by molar-refractivity contribution is 0.0594. The normalized spacial score (nSPS) is 12.1. The van der Waals surface area contributed by atoms with Crippen LogP contribution >= 0.6 is 0 Å². The fraction of sp³-hybridized carbons (Fsp3) is 0.312. The molecule has 0 aliphatic rings. The van der Waals surface area contributed by atoms with Crippen molar-refractivity contribution in [3.63, 3.8) is 0 Å². The van der Waals surface area contributed by atoms with Crippen LogP contribution in [0.25, 0.3) is 0 Å². The molecule has 5 heteroatoms. The Morgan fingerprint density at radius 1 is 1.29 bits per heavy atom. The summed E-state index contributed by atoms with van der Waals surface area (Å²) in [4.78, 5) is 14.3. The third-order valence-corrected chi connectivity index (χ3v) is 3.25. The maximum Gasteiger partial charge on any atom is 0.354 e. The van der Waals surface area contributed by atoms with Crippen molar-refractivity contribution in [3.8, 4) is 0 Å². The Morgan fingerprint density at radius 3 is 2.67 bits per heavy atom. The van der Waals surface area contributed by atoms with Gasteiger partial charge in [-0.05, 0) is 43.2 Å². The largest absolute Gasteiger partial charge is 0.464 e. The Bertz CT molecular complexity index is 593. The molecule has 0 aliphatic heterocycles. The summed E-state index contributed by atoms with van der Waals surface area (Å²) in [6, 6.07) is 10.3. The molecule has 4 nitrogen and oxygen atoms in total. The molecule has 0 fully saturated rings. The van der Waals surface area contributed by atoms with Gasteiger partial charge >= 0.3 is 5.97 Å². The number of nitrogens with one attached hydrogen (secondary N) is 2. The number of aromatic amines is 1. The summed E-state index contributed by atoms with van der Waals surface area (Å²) in [6.07, 6.45) is 0.810. The standard InChI is InChI=1S/C16H19FN2O2/c1-11(9-12-3-5-13(17)6-4-12)18-10-14-7-8-15(19-14)16(20)21-2/h3-8,11,18-19H,9-10H2,1-2H3. The van der Waals surface area contributed by atoms with Crippen molar-refractivity contribution in [1.82, 2.24) is 10.3 Å². The number of esters is 1. The van der Waals surface area contributed by atoms with Gasteiger partial charge in [0.2, 0.25) is 0 Å². The second-order valence-electron chi connectivity index (χ2n) is 5.00. The van der Waals surface area contributed by atoms with Gasteiger partial charge < -0.3 is 15.0 Å². The lowest BCUT2D eigenvalue weighted by atomic mass is 10.1. The number of carbonyl (C=O) groups is 1. The molecule has 2 aromatic rings. The molecule has 0 spiro atoms. The van der Waals surface area contributed by atoms with Crippen LogP contribution in [0.1, 0.15) is 28.7 Å². The van der Waals surface area contributed by atoms with Gasteiger partial charge in [-0.15, -0.1) is 0 Å². The van der Waals surface area contributed by atoms with E-state index < -0.39 is 0 Å². The fourth-order valence-corrected chi connectivity index (χ4v) is 2.10. The molecule has 0 saturated heterocycles. The van der Waals surface area contributed by atoms with Gasteiger partial charge in [0.25, 0.3) is 0 Å². The predicted molar refractivity (Wildman–Crippen MR) is 78.5 cm³/mol. The maximum atomic E-state index is 12.8. The highest BCUT2D eigenvalue weighted by molar-refractivity contribution is 5.87. The second-order valence-corrected chi connectivity index (χ2v) is 5.00. The SMILES string of the molecule is COC(=O)c1ccc(CNC(C)Cc2ccc(F)cc2)[nH]1. The molecule has 0 aliphatic carbocycles. The monoisotopic (exact) mass is 290 g/mol. The Labute approximate surface area is 123 Å². The van der Waals surface area contributed by atoms with E-state index in [-0.39, 0.29) is 17.8 Å². The zero-order valence-electron chi connectivity index (χ0n) is 12.2. The Kier molecular flexibility index (Phi) is 5.11. The smallest absolute Gasteiger partial charge is 0.354 e. The summed E-state index contributed by atoms with van der Waals surface area (Å²) in [6.45, 7) is 2.69. The van der Waals surface area contributed by atoms with Gasteiger partial charge in [0.1, 0.15) is 11.5 Å². The second kappa shape index (κ2) is 7.04. The Morgan fingerprint density at radius 2 is 2.00 bits per heavy atom. The van der Waals surface area contributed by atoms with Crippen molar-refractivity contribution in [2.75, 3.05) is 7.11 Å². The number of benzene rings is 1. The molecule has 0 saturated carbocycles. The fourth-order valence-electron chi connectivity index (χ4n) is 2.10. The maximum absolute atomic E-state index is 12.8. The van der Waals surface area contributed by atoms with E-state index in [2.05, 4.69) is 22.0 Å². The first-order valence-electron chi connectivity index (χ1n) is 6.82. The zero-order chi connectivity index (χ0) is 15.2. The van der Waals surface area contributed by atoms with Crippen LogP contribution < -0.4 is 5.32 Å². The summed E-state index contributed by atoms with van der Waals surface area (Å²) in [5, 5.41) is 3.36. The predicted octanol–water partition coefficient (Wildman–Crippen LogP) is 2.66. The summed E-state index contributed by atoms with van der Waals surface area (Å²) < 4.78 is 17.5. The molecule has 21 heavy (non-hydrogen) atoms. The summed E-state index contributed by atoms with van der Waals surface area (Å²) >= 11 is 0. The van der Waals surface area contributed by atoms with Gasteiger partial charge in [-0.2, -0.15) is 0 Å². The van der Waals surface area contributed by atoms with Crippen LogP contribution in [0.4, 0.5) is 4.39 Å². The highest BCUT2D eigenvalue weighted by Crippen LogP contribution is 2.07. The van der Waals surface area contributed by atoms with Crippen LogP contribution in [-0.2, 0) is 17.7 Å². The number of hydrogen-bond donors (Lipinski definition) is 2. The Hall–Kier alpha value is -2.14. The van der Waals surface area contributed by atoms with E-state index in [9.17, 15) is 9.18 Å². The lowest BCUT2D eigenvalue weighted by Gasteiger charge is -2.13. The summed E-state index contributed by atoms with van der Waals surface area (Å²) in [7, 11) is 1.35. The number of hydrogen-bond acceptors (Lipinski definition) is 3. The molecule has 1 atom stereocenters. The first-order chi connectivity index (χ1) is 10.1. The number of halogens is 1. The number of H-pyrrole nitrogens is 1.